The Morgan fingerprint density at radius 1 is 1.30 bits per heavy atom. The van der Waals surface area contributed by atoms with E-state index in [0.717, 1.165) is 11.3 Å². The lowest BCUT2D eigenvalue weighted by Gasteiger charge is -2.21. The highest BCUT2D eigenvalue weighted by Gasteiger charge is 2.15. The van der Waals surface area contributed by atoms with Crippen LogP contribution in [0.15, 0.2) is 42.6 Å². The second-order valence-electron chi connectivity index (χ2n) is 4.34. The molecule has 2 aromatic rings. The molecule has 5 heteroatoms. The highest BCUT2D eigenvalue weighted by molar-refractivity contribution is 5.92. The van der Waals surface area contributed by atoms with Gasteiger partial charge in [-0.15, -0.1) is 0 Å². The zero-order valence-corrected chi connectivity index (χ0v) is 11.4. The number of nitrogens with zero attached hydrogens (tertiary/aromatic N) is 2. The molecular weight excluding hydrogens is 256 g/mol. The molecular formula is C15H16N2O3. The van der Waals surface area contributed by atoms with Crippen molar-refractivity contribution in [1.82, 2.24) is 4.98 Å². The van der Waals surface area contributed by atoms with Gasteiger partial charge in [-0.2, -0.15) is 0 Å². The first-order chi connectivity index (χ1) is 9.63. The average molecular weight is 272 g/mol. The molecule has 1 N–H and O–H groups in total. The molecule has 5 nitrogen and oxygen atoms in total. The molecule has 0 aliphatic heterocycles. The van der Waals surface area contributed by atoms with Crippen LogP contribution in [0, 0.1) is 0 Å². The Labute approximate surface area is 117 Å². The summed E-state index contributed by atoms with van der Waals surface area (Å²) < 4.78 is 5.30. The highest BCUT2D eigenvalue weighted by atomic mass is 16.5. The van der Waals surface area contributed by atoms with Gasteiger partial charge in [0.25, 0.3) is 0 Å². The summed E-state index contributed by atoms with van der Waals surface area (Å²) >= 11 is 0. The van der Waals surface area contributed by atoms with E-state index >= 15 is 0 Å². The van der Waals surface area contributed by atoms with E-state index in [0.29, 0.717) is 12.2 Å². The second kappa shape index (κ2) is 6.06. The van der Waals surface area contributed by atoms with Gasteiger partial charge in [0, 0.05) is 25.4 Å². The number of aromatic nitrogens is 1. The number of rotatable bonds is 5. The predicted octanol–water partition coefficient (Wildman–Crippen LogP) is 2.42. The maximum atomic E-state index is 11.2. The van der Waals surface area contributed by atoms with Gasteiger partial charge in [-0.25, -0.2) is 9.78 Å². The van der Waals surface area contributed by atoms with E-state index in [1.54, 1.807) is 19.2 Å². The van der Waals surface area contributed by atoms with E-state index in [1.807, 2.05) is 36.2 Å². The molecule has 0 saturated heterocycles. The smallest absolute Gasteiger partial charge is 0.356 e. The number of methoxy groups -OCH3 is 1. The molecule has 0 aliphatic carbocycles. The molecule has 0 unspecified atom stereocenters. The number of pyridine rings is 1. The van der Waals surface area contributed by atoms with Crippen LogP contribution in [0.5, 0.6) is 5.75 Å². The molecule has 1 heterocycles. The normalized spacial score (nSPS) is 10.1. The summed E-state index contributed by atoms with van der Waals surface area (Å²) in [5.41, 5.74) is 1.61. The van der Waals surface area contributed by atoms with Crippen molar-refractivity contribution in [2.24, 2.45) is 0 Å². The molecule has 0 bridgehead atoms. The first-order valence-corrected chi connectivity index (χ1v) is 6.15. The van der Waals surface area contributed by atoms with Gasteiger partial charge in [-0.3, -0.25) is 0 Å². The average Bonchev–Trinajstić information content (AvgIpc) is 2.47. The van der Waals surface area contributed by atoms with E-state index in [4.69, 9.17) is 9.84 Å². The van der Waals surface area contributed by atoms with E-state index in [-0.39, 0.29) is 5.69 Å². The Hall–Kier alpha value is -2.56. The Morgan fingerprint density at radius 2 is 2.05 bits per heavy atom. The summed E-state index contributed by atoms with van der Waals surface area (Å²) in [6, 6.07) is 11.1. The van der Waals surface area contributed by atoms with Crippen molar-refractivity contribution >= 4 is 11.7 Å². The lowest BCUT2D eigenvalue weighted by molar-refractivity contribution is 0.0691. The third kappa shape index (κ3) is 2.88. The minimum absolute atomic E-state index is 0.0462. The number of carboxylic acids is 1. The summed E-state index contributed by atoms with van der Waals surface area (Å²) in [4.78, 5) is 16.9. The van der Waals surface area contributed by atoms with Crippen LogP contribution < -0.4 is 9.64 Å². The van der Waals surface area contributed by atoms with Gasteiger partial charge in [-0.05, 0) is 18.2 Å². The fraction of sp³-hybridized carbons (Fsp3) is 0.200. The van der Waals surface area contributed by atoms with Crippen LogP contribution in [0.3, 0.4) is 0 Å². The van der Waals surface area contributed by atoms with E-state index in [9.17, 15) is 4.79 Å². The summed E-state index contributed by atoms with van der Waals surface area (Å²) in [6.45, 7) is 0.538. The van der Waals surface area contributed by atoms with Crippen molar-refractivity contribution in [2.75, 3.05) is 19.1 Å². The van der Waals surface area contributed by atoms with Gasteiger partial charge in [0.2, 0.25) is 0 Å². The van der Waals surface area contributed by atoms with E-state index in [2.05, 4.69) is 4.98 Å². The molecule has 0 fully saturated rings. The van der Waals surface area contributed by atoms with Gasteiger partial charge >= 0.3 is 5.97 Å². The summed E-state index contributed by atoms with van der Waals surface area (Å²) in [5, 5.41) is 9.17. The standard InChI is InChI=1S/C15H16N2O3/c1-17(10-11-6-3-4-8-13(11)20-2)12-7-5-9-16-14(12)15(18)19/h3-9H,10H2,1-2H3,(H,18,19). The number of carboxylic acid groups (broad SMARTS) is 1. The minimum atomic E-state index is -1.03. The van der Waals surface area contributed by atoms with E-state index < -0.39 is 5.97 Å². The largest absolute Gasteiger partial charge is 0.496 e. The third-order valence-corrected chi connectivity index (χ3v) is 3.00. The number of aromatic carboxylic acids is 1. The molecule has 0 amide bonds. The van der Waals surface area contributed by atoms with Crippen LogP contribution in [0.4, 0.5) is 5.69 Å². The molecule has 0 spiro atoms. The molecule has 0 aliphatic rings. The van der Waals surface area contributed by atoms with Gasteiger partial charge < -0.3 is 14.7 Å². The second-order valence-corrected chi connectivity index (χ2v) is 4.34. The van der Waals surface area contributed by atoms with Gasteiger partial charge in [0.05, 0.1) is 12.8 Å². The molecule has 20 heavy (non-hydrogen) atoms. The minimum Gasteiger partial charge on any atom is -0.496 e. The Balaban J connectivity index is 2.29. The van der Waals surface area contributed by atoms with Crippen LogP contribution in [-0.2, 0) is 6.54 Å². The van der Waals surface area contributed by atoms with Crippen LogP contribution in [0.25, 0.3) is 0 Å². The summed E-state index contributed by atoms with van der Waals surface area (Å²) in [5.74, 6) is -0.257. The predicted molar refractivity (Wildman–Crippen MR) is 76.3 cm³/mol. The zero-order chi connectivity index (χ0) is 14.5. The van der Waals surface area contributed by atoms with Crippen molar-refractivity contribution in [3.05, 3.63) is 53.9 Å². The summed E-state index contributed by atoms with van der Waals surface area (Å²) in [6.07, 6.45) is 1.48. The van der Waals surface area contributed by atoms with Crippen molar-refractivity contribution < 1.29 is 14.6 Å². The van der Waals surface area contributed by atoms with E-state index in [1.165, 1.54) is 6.20 Å². The number of anilines is 1. The third-order valence-electron chi connectivity index (χ3n) is 3.00. The van der Waals surface area contributed by atoms with Crippen molar-refractivity contribution in [1.29, 1.82) is 0 Å². The number of benzene rings is 1. The maximum Gasteiger partial charge on any atom is 0.356 e. The Morgan fingerprint density at radius 3 is 2.75 bits per heavy atom. The van der Waals surface area contributed by atoms with Crippen LogP contribution in [0.1, 0.15) is 16.1 Å². The van der Waals surface area contributed by atoms with Crippen LogP contribution >= 0.6 is 0 Å². The SMILES string of the molecule is COc1ccccc1CN(C)c1cccnc1C(=O)O. The number of para-hydroxylation sites is 1. The zero-order valence-electron chi connectivity index (χ0n) is 11.4. The Bertz CT molecular complexity index is 614. The number of ether oxygens (including phenoxy) is 1. The van der Waals surface area contributed by atoms with Crippen LogP contribution in [-0.4, -0.2) is 30.2 Å². The summed E-state index contributed by atoms with van der Waals surface area (Å²) in [7, 11) is 3.45. The molecule has 2 rings (SSSR count). The first kappa shape index (κ1) is 13.9. The quantitative estimate of drug-likeness (QED) is 0.905. The molecule has 0 saturated carbocycles. The van der Waals surface area contributed by atoms with Crippen molar-refractivity contribution in [3.63, 3.8) is 0 Å². The molecule has 0 atom stereocenters. The number of hydrogen-bond acceptors (Lipinski definition) is 4. The highest BCUT2D eigenvalue weighted by Crippen LogP contribution is 2.23. The van der Waals surface area contributed by atoms with Crippen molar-refractivity contribution in [2.45, 2.75) is 6.54 Å². The monoisotopic (exact) mass is 272 g/mol. The van der Waals surface area contributed by atoms with Gasteiger partial charge in [-0.1, -0.05) is 18.2 Å². The van der Waals surface area contributed by atoms with Crippen LogP contribution in [0.2, 0.25) is 0 Å². The number of carbonyl (C=O) groups is 1. The fourth-order valence-electron chi connectivity index (χ4n) is 2.04. The lowest BCUT2D eigenvalue weighted by Crippen LogP contribution is -2.20. The first-order valence-electron chi connectivity index (χ1n) is 6.15. The Kier molecular flexibility index (Phi) is 4.20. The molecule has 1 aromatic heterocycles. The van der Waals surface area contributed by atoms with Crippen molar-refractivity contribution in [3.8, 4) is 5.75 Å². The topological polar surface area (TPSA) is 62.7 Å². The fourth-order valence-corrected chi connectivity index (χ4v) is 2.04. The molecule has 1 aromatic carbocycles. The lowest BCUT2D eigenvalue weighted by atomic mass is 10.1. The maximum absolute atomic E-state index is 11.2. The van der Waals surface area contributed by atoms with Gasteiger partial charge in [0.15, 0.2) is 5.69 Å². The van der Waals surface area contributed by atoms with Gasteiger partial charge in [0.1, 0.15) is 5.75 Å². The molecule has 104 valence electrons. The number of hydrogen-bond donors (Lipinski definition) is 1. The molecule has 0 radical (unpaired) electrons.